The number of carbonyl (C=O) groups is 2. The van der Waals surface area contributed by atoms with Crippen molar-refractivity contribution in [1.82, 2.24) is 21.5 Å². The van der Waals surface area contributed by atoms with E-state index in [1.54, 1.807) is 12.1 Å². The molecule has 2 fully saturated rings. The third-order valence-corrected chi connectivity index (χ3v) is 4.75. The SMILES string of the molecule is O=C(NCCNC(=O)C1CCCC2CNNC21)c1ccccc1. The van der Waals surface area contributed by atoms with Crippen LogP contribution in [0.5, 0.6) is 0 Å². The molecule has 0 spiro atoms. The highest BCUT2D eigenvalue weighted by Gasteiger charge is 2.39. The number of hydrazine groups is 1. The Morgan fingerprint density at radius 3 is 2.70 bits per heavy atom. The first-order valence-electron chi connectivity index (χ1n) is 8.35. The lowest BCUT2D eigenvalue weighted by atomic mass is 9.77. The van der Waals surface area contributed by atoms with Crippen LogP contribution in [0.1, 0.15) is 29.6 Å². The van der Waals surface area contributed by atoms with E-state index in [1.165, 1.54) is 6.42 Å². The van der Waals surface area contributed by atoms with Gasteiger partial charge in [0.1, 0.15) is 0 Å². The number of fused-ring (bicyclic) bond motifs is 1. The van der Waals surface area contributed by atoms with E-state index in [0.29, 0.717) is 24.6 Å². The summed E-state index contributed by atoms with van der Waals surface area (Å²) < 4.78 is 0. The molecule has 4 N–H and O–H groups in total. The fourth-order valence-corrected chi connectivity index (χ4v) is 3.52. The summed E-state index contributed by atoms with van der Waals surface area (Å²) in [5.41, 5.74) is 7.04. The van der Waals surface area contributed by atoms with E-state index in [2.05, 4.69) is 21.5 Å². The number of amides is 2. The minimum absolute atomic E-state index is 0.0218. The molecule has 2 aliphatic rings. The minimum Gasteiger partial charge on any atom is -0.354 e. The summed E-state index contributed by atoms with van der Waals surface area (Å²) in [4.78, 5) is 24.3. The predicted molar refractivity (Wildman–Crippen MR) is 87.5 cm³/mol. The zero-order valence-corrected chi connectivity index (χ0v) is 13.2. The van der Waals surface area contributed by atoms with Crippen LogP contribution in [0.15, 0.2) is 30.3 Å². The molecule has 3 rings (SSSR count). The molecule has 1 saturated carbocycles. The minimum atomic E-state index is -0.112. The zero-order chi connectivity index (χ0) is 16.1. The van der Waals surface area contributed by atoms with Crippen molar-refractivity contribution in [3.05, 3.63) is 35.9 Å². The Labute approximate surface area is 136 Å². The molecule has 6 heteroatoms. The predicted octanol–water partition coefficient (Wildman–Crippen LogP) is 0.425. The van der Waals surface area contributed by atoms with Gasteiger partial charge in [0.05, 0.1) is 5.92 Å². The maximum atomic E-state index is 12.4. The lowest BCUT2D eigenvalue weighted by Crippen LogP contribution is -2.48. The van der Waals surface area contributed by atoms with Gasteiger partial charge in [-0.2, -0.15) is 0 Å². The smallest absolute Gasteiger partial charge is 0.251 e. The van der Waals surface area contributed by atoms with Crippen LogP contribution < -0.4 is 21.5 Å². The standard InChI is InChI=1S/C17H24N4O2/c22-16(12-5-2-1-3-6-12)18-9-10-19-17(23)14-8-4-7-13-11-20-21-15(13)14/h1-3,5-6,13-15,20-21H,4,7-11H2,(H,18,22)(H,19,23). The molecule has 23 heavy (non-hydrogen) atoms. The second-order valence-electron chi connectivity index (χ2n) is 6.26. The molecule has 3 atom stereocenters. The van der Waals surface area contributed by atoms with Crippen molar-refractivity contribution in [2.24, 2.45) is 11.8 Å². The molecule has 0 bridgehead atoms. The van der Waals surface area contributed by atoms with Crippen molar-refractivity contribution >= 4 is 11.8 Å². The van der Waals surface area contributed by atoms with Crippen molar-refractivity contribution in [3.8, 4) is 0 Å². The van der Waals surface area contributed by atoms with Gasteiger partial charge in [-0.1, -0.05) is 24.6 Å². The number of carbonyl (C=O) groups excluding carboxylic acids is 2. The third-order valence-electron chi connectivity index (χ3n) is 4.75. The molecule has 1 aliphatic heterocycles. The van der Waals surface area contributed by atoms with Crippen molar-refractivity contribution in [2.45, 2.75) is 25.3 Å². The maximum absolute atomic E-state index is 12.4. The van der Waals surface area contributed by atoms with Gasteiger partial charge >= 0.3 is 0 Å². The second kappa shape index (κ2) is 7.57. The van der Waals surface area contributed by atoms with Crippen LogP contribution in [0, 0.1) is 11.8 Å². The largest absolute Gasteiger partial charge is 0.354 e. The van der Waals surface area contributed by atoms with E-state index in [-0.39, 0.29) is 23.8 Å². The molecule has 1 heterocycles. The Morgan fingerprint density at radius 2 is 1.87 bits per heavy atom. The first-order valence-corrected chi connectivity index (χ1v) is 8.35. The summed E-state index contributed by atoms with van der Waals surface area (Å²) in [6, 6.07) is 9.32. The number of rotatable bonds is 5. The first kappa shape index (κ1) is 16.0. The summed E-state index contributed by atoms with van der Waals surface area (Å²) >= 11 is 0. The van der Waals surface area contributed by atoms with Gasteiger partial charge in [0.15, 0.2) is 0 Å². The van der Waals surface area contributed by atoms with Crippen LogP contribution in [0.4, 0.5) is 0 Å². The normalized spacial score (nSPS) is 26.3. The quantitative estimate of drug-likeness (QED) is 0.594. The molecular weight excluding hydrogens is 292 g/mol. The van der Waals surface area contributed by atoms with Gasteiger partial charge < -0.3 is 10.6 Å². The van der Waals surface area contributed by atoms with E-state index in [4.69, 9.17) is 0 Å². The van der Waals surface area contributed by atoms with Crippen LogP contribution >= 0.6 is 0 Å². The highest BCUT2D eigenvalue weighted by atomic mass is 16.2. The van der Waals surface area contributed by atoms with Gasteiger partial charge in [0, 0.05) is 31.2 Å². The summed E-state index contributed by atoms with van der Waals surface area (Å²) in [5, 5.41) is 5.77. The summed E-state index contributed by atoms with van der Waals surface area (Å²) in [7, 11) is 0. The van der Waals surface area contributed by atoms with Crippen molar-refractivity contribution < 1.29 is 9.59 Å². The average molecular weight is 316 g/mol. The fraction of sp³-hybridized carbons (Fsp3) is 0.529. The van der Waals surface area contributed by atoms with Crippen LogP contribution in [0.3, 0.4) is 0 Å². The van der Waals surface area contributed by atoms with Crippen LogP contribution in [0.25, 0.3) is 0 Å². The molecule has 2 amide bonds. The highest BCUT2D eigenvalue weighted by Crippen LogP contribution is 2.31. The maximum Gasteiger partial charge on any atom is 0.251 e. The Morgan fingerprint density at radius 1 is 1.09 bits per heavy atom. The van der Waals surface area contributed by atoms with E-state index >= 15 is 0 Å². The number of nitrogens with one attached hydrogen (secondary N) is 4. The number of hydrogen-bond acceptors (Lipinski definition) is 4. The van der Waals surface area contributed by atoms with E-state index < -0.39 is 0 Å². The summed E-state index contributed by atoms with van der Waals surface area (Å²) in [6.45, 7) is 1.84. The number of benzene rings is 1. The van der Waals surface area contributed by atoms with Gasteiger partial charge in [-0.3, -0.25) is 20.4 Å². The Hall–Kier alpha value is -1.92. The van der Waals surface area contributed by atoms with Gasteiger partial charge in [-0.25, -0.2) is 0 Å². The van der Waals surface area contributed by atoms with Crippen molar-refractivity contribution in [2.75, 3.05) is 19.6 Å². The molecule has 1 aliphatic carbocycles. The summed E-state index contributed by atoms with van der Waals surface area (Å²) in [5.74, 6) is 0.551. The second-order valence-corrected chi connectivity index (χ2v) is 6.26. The topological polar surface area (TPSA) is 82.3 Å². The molecule has 1 aromatic carbocycles. The summed E-state index contributed by atoms with van der Waals surface area (Å²) in [6.07, 6.45) is 3.22. The van der Waals surface area contributed by atoms with Crippen LogP contribution in [-0.4, -0.2) is 37.5 Å². The Bertz CT molecular complexity index is 549. The Kier molecular flexibility index (Phi) is 5.25. The fourth-order valence-electron chi connectivity index (χ4n) is 3.52. The van der Waals surface area contributed by atoms with Gasteiger partial charge in [-0.15, -0.1) is 0 Å². The molecular formula is C17H24N4O2. The first-order chi connectivity index (χ1) is 11.3. The van der Waals surface area contributed by atoms with E-state index in [0.717, 1.165) is 19.4 Å². The van der Waals surface area contributed by atoms with Gasteiger partial charge in [0.2, 0.25) is 5.91 Å². The molecule has 6 nitrogen and oxygen atoms in total. The molecule has 1 aromatic rings. The zero-order valence-electron chi connectivity index (χ0n) is 13.2. The van der Waals surface area contributed by atoms with E-state index in [1.807, 2.05) is 18.2 Å². The van der Waals surface area contributed by atoms with Gasteiger partial charge in [0.25, 0.3) is 5.91 Å². The van der Waals surface area contributed by atoms with Crippen LogP contribution in [-0.2, 0) is 4.79 Å². The molecule has 3 unspecified atom stereocenters. The van der Waals surface area contributed by atoms with E-state index in [9.17, 15) is 9.59 Å². The lowest BCUT2D eigenvalue weighted by Gasteiger charge is -2.31. The molecule has 0 radical (unpaired) electrons. The molecule has 0 aromatic heterocycles. The molecule has 1 saturated heterocycles. The van der Waals surface area contributed by atoms with Crippen molar-refractivity contribution in [3.63, 3.8) is 0 Å². The van der Waals surface area contributed by atoms with Gasteiger partial charge in [-0.05, 0) is 30.9 Å². The Balaban J connectivity index is 1.40. The highest BCUT2D eigenvalue weighted by molar-refractivity contribution is 5.94. The molecule has 124 valence electrons. The lowest BCUT2D eigenvalue weighted by molar-refractivity contribution is -0.127. The number of hydrogen-bond donors (Lipinski definition) is 4. The van der Waals surface area contributed by atoms with Crippen molar-refractivity contribution in [1.29, 1.82) is 0 Å². The average Bonchev–Trinajstić information content (AvgIpc) is 3.07. The monoisotopic (exact) mass is 316 g/mol. The van der Waals surface area contributed by atoms with Crippen LogP contribution in [0.2, 0.25) is 0 Å². The third kappa shape index (κ3) is 3.89.